The van der Waals surface area contributed by atoms with Crippen LogP contribution >= 0.6 is 11.6 Å². The van der Waals surface area contributed by atoms with Gasteiger partial charge >= 0.3 is 0 Å². The summed E-state index contributed by atoms with van der Waals surface area (Å²) in [6.45, 7) is 3.84. The summed E-state index contributed by atoms with van der Waals surface area (Å²) >= 11 is 6.08. The van der Waals surface area contributed by atoms with Crippen molar-refractivity contribution in [3.05, 3.63) is 99.3 Å². The Morgan fingerprint density at radius 3 is 2.73 bits per heavy atom. The number of halogens is 1. The van der Waals surface area contributed by atoms with Crippen molar-refractivity contribution >= 4 is 23.5 Å². The van der Waals surface area contributed by atoms with Crippen LogP contribution in [0.4, 0.5) is 0 Å². The fraction of sp³-hybridized carbons (Fsp3) is 0.160. The number of aryl methyl sites for hydroxylation is 1. The van der Waals surface area contributed by atoms with Crippen LogP contribution < -0.4 is 9.47 Å². The van der Waals surface area contributed by atoms with Crippen LogP contribution in [0.15, 0.2) is 66.4 Å². The molecule has 30 heavy (non-hydrogen) atoms. The normalized spacial score (nSPS) is 16.7. The number of hydrogen-bond donors (Lipinski definition) is 0. The van der Waals surface area contributed by atoms with Gasteiger partial charge in [0.15, 0.2) is 5.76 Å². The third kappa shape index (κ3) is 3.49. The van der Waals surface area contributed by atoms with E-state index in [4.69, 9.17) is 21.1 Å². The number of rotatable bonds is 3. The first-order valence-electron chi connectivity index (χ1n) is 9.84. The first-order chi connectivity index (χ1) is 14.6. The smallest absolute Gasteiger partial charge is 0.232 e. The third-order valence-electron chi connectivity index (χ3n) is 5.38. The highest BCUT2D eigenvalue weighted by Gasteiger charge is 2.35. The van der Waals surface area contributed by atoms with Crippen LogP contribution in [0.25, 0.3) is 6.08 Å². The van der Waals surface area contributed by atoms with Crippen molar-refractivity contribution in [2.75, 3.05) is 6.73 Å². The van der Waals surface area contributed by atoms with Gasteiger partial charge in [-0.15, -0.1) is 0 Å². The quantitative estimate of drug-likeness (QED) is 0.519. The van der Waals surface area contributed by atoms with Gasteiger partial charge in [-0.25, -0.2) is 0 Å². The predicted octanol–water partition coefficient (Wildman–Crippen LogP) is 5.62. The Morgan fingerprint density at radius 1 is 1.10 bits per heavy atom. The Morgan fingerprint density at radius 2 is 1.93 bits per heavy atom. The van der Waals surface area contributed by atoms with E-state index in [0.717, 1.165) is 29.0 Å². The van der Waals surface area contributed by atoms with E-state index in [1.165, 1.54) is 5.56 Å². The van der Waals surface area contributed by atoms with Gasteiger partial charge in [0.1, 0.15) is 18.2 Å². The second kappa shape index (κ2) is 7.63. The molecule has 5 rings (SSSR count). The molecular weight excluding hydrogens is 398 g/mol. The van der Waals surface area contributed by atoms with Gasteiger partial charge in [0.05, 0.1) is 11.1 Å². The zero-order chi connectivity index (χ0) is 20.7. The Hall–Kier alpha value is -3.08. The number of fused-ring (bicyclic) bond motifs is 3. The number of Topliss-reactive ketones (excluding diaryl/α,β-unsaturated/α-hetero) is 1. The Bertz CT molecular complexity index is 1170. The van der Waals surface area contributed by atoms with E-state index in [9.17, 15) is 4.79 Å². The summed E-state index contributed by atoms with van der Waals surface area (Å²) in [5.74, 6) is 1.60. The Kier molecular flexibility index (Phi) is 4.81. The average Bonchev–Trinajstić information content (AvgIpc) is 3.06. The minimum atomic E-state index is -0.106. The lowest BCUT2D eigenvalue weighted by atomic mass is 9.98. The molecule has 0 saturated carbocycles. The zero-order valence-electron chi connectivity index (χ0n) is 16.5. The number of benzene rings is 3. The molecule has 2 aliphatic rings. The van der Waals surface area contributed by atoms with Gasteiger partial charge in [-0.05, 0) is 47.9 Å². The van der Waals surface area contributed by atoms with Crippen molar-refractivity contribution in [2.45, 2.75) is 20.0 Å². The summed E-state index contributed by atoms with van der Waals surface area (Å²) in [5.41, 5.74) is 4.44. The minimum Gasteiger partial charge on any atom is -0.478 e. The van der Waals surface area contributed by atoms with Crippen molar-refractivity contribution < 1.29 is 14.3 Å². The Balaban J connectivity index is 1.48. The molecule has 3 aromatic rings. The van der Waals surface area contributed by atoms with E-state index in [0.29, 0.717) is 35.4 Å². The molecule has 5 heteroatoms. The second-order valence-corrected chi connectivity index (χ2v) is 8.05. The summed E-state index contributed by atoms with van der Waals surface area (Å²) in [4.78, 5) is 15.3. The molecule has 2 aliphatic heterocycles. The number of hydrogen-bond acceptors (Lipinski definition) is 4. The SMILES string of the molecule is Cc1cc2c(c3c1C(=O)/C(=C/c1cccc(Cl)c1)O3)CN(Cc1ccccc1)CO2. The molecule has 0 atom stereocenters. The molecule has 2 heterocycles. The van der Waals surface area contributed by atoms with E-state index < -0.39 is 0 Å². The van der Waals surface area contributed by atoms with Crippen LogP contribution in [0.5, 0.6) is 11.5 Å². The molecular formula is C25H20ClNO3. The van der Waals surface area contributed by atoms with Crippen LogP contribution in [-0.2, 0) is 13.1 Å². The summed E-state index contributed by atoms with van der Waals surface area (Å²) in [5, 5.41) is 0.617. The fourth-order valence-electron chi connectivity index (χ4n) is 3.97. The number of carbonyl (C=O) groups is 1. The molecule has 0 aliphatic carbocycles. The molecule has 0 saturated heterocycles. The Labute approximate surface area is 180 Å². The van der Waals surface area contributed by atoms with E-state index >= 15 is 0 Å². The highest BCUT2D eigenvalue weighted by Crippen LogP contribution is 2.44. The lowest BCUT2D eigenvalue weighted by Crippen LogP contribution is -2.31. The highest BCUT2D eigenvalue weighted by molar-refractivity contribution is 6.30. The second-order valence-electron chi connectivity index (χ2n) is 7.62. The molecule has 0 unspecified atom stereocenters. The first kappa shape index (κ1) is 18.9. The lowest BCUT2D eigenvalue weighted by Gasteiger charge is -2.30. The molecule has 0 radical (unpaired) electrons. The van der Waals surface area contributed by atoms with E-state index in [1.807, 2.05) is 43.3 Å². The number of carbonyl (C=O) groups excluding carboxylic acids is 1. The summed E-state index contributed by atoms with van der Waals surface area (Å²) in [6, 6.07) is 19.6. The summed E-state index contributed by atoms with van der Waals surface area (Å²) in [6.07, 6.45) is 1.74. The van der Waals surface area contributed by atoms with E-state index in [2.05, 4.69) is 17.0 Å². The number of allylic oxidation sites excluding steroid dienone is 1. The average molecular weight is 418 g/mol. The number of nitrogens with zero attached hydrogens (tertiary/aromatic N) is 1. The summed E-state index contributed by atoms with van der Waals surface area (Å²) in [7, 11) is 0. The molecule has 150 valence electrons. The molecule has 0 N–H and O–H groups in total. The molecule has 0 aromatic heterocycles. The largest absolute Gasteiger partial charge is 0.478 e. The van der Waals surface area contributed by atoms with Gasteiger partial charge in [0.2, 0.25) is 5.78 Å². The van der Waals surface area contributed by atoms with Crippen LogP contribution in [0.2, 0.25) is 5.02 Å². The molecule has 0 spiro atoms. The molecule has 4 nitrogen and oxygen atoms in total. The van der Waals surface area contributed by atoms with Crippen LogP contribution in [0, 0.1) is 6.92 Å². The maximum absolute atomic E-state index is 13.1. The topological polar surface area (TPSA) is 38.8 Å². The lowest BCUT2D eigenvalue weighted by molar-refractivity contribution is 0.0872. The molecule has 3 aromatic carbocycles. The van der Waals surface area contributed by atoms with E-state index in [-0.39, 0.29) is 5.78 Å². The van der Waals surface area contributed by atoms with Crippen LogP contribution in [-0.4, -0.2) is 17.4 Å². The molecule has 0 fully saturated rings. The molecule has 0 bridgehead atoms. The maximum atomic E-state index is 13.1. The first-order valence-corrected chi connectivity index (χ1v) is 10.2. The van der Waals surface area contributed by atoms with Gasteiger partial charge in [-0.3, -0.25) is 9.69 Å². The summed E-state index contributed by atoms with van der Waals surface area (Å²) < 4.78 is 12.1. The third-order valence-corrected chi connectivity index (χ3v) is 5.62. The monoisotopic (exact) mass is 417 g/mol. The van der Waals surface area contributed by atoms with Crippen molar-refractivity contribution in [2.24, 2.45) is 0 Å². The molecule has 0 amide bonds. The zero-order valence-corrected chi connectivity index (χ0v) is 17.3. The number of ether oxygens (including phenoxy) is 2. The fourth-order valence-corrected chi connectivity index (χ4v) is 4.17. The van der Waals surface area contributed by atoms with Gasteiger partial charge in [-0.2, -0.15) is 0 Å². The van der Waals surface area contributed by atoms with Gasteiger partial charge in [-0.1, -0.05) is 54.1 Å². The van der Waals surface area contributed by atoms with Gasteiger partial charge < -0.3 is 9.47 Å². The van der Waals surface area contributed by atoms with Gasteiger partial charge in [0.25, 0.3) is 0 Å². The van der Waals surface area contributed by atoms with Crippen molar-refractivity contribution in [1.29, 1.82) is 0 Å². The van der Waals surface area contributed by atoms with Crippen LogP contribution in [0.1, 0.15) is 32.6 Å². The van der Waals surface area contributed by atoms with Crippen molar-refractivity contribution in [1.82, 2.24) is 4.90 Å². The minimum absolute atomic E-state index is 0.106. The van der Waals surface area contributed by atoms with Crippen molar-refractivity contribution in [3.63, 3.8) is 0 Å². The standard InChI is InChI=1S/C25H20ClNO3/c1-16-10-21-20(14-27(15-29-21)13-17-6-3-2-4-7-17)25-23(16)24(28)22(30-25)12-18-8-5-9-19(26)11-18/h2-12H,13-15H2,1H3/b22-12-. The van der Waals surface area contributed by atoms with Crippen LogP contribution in [0.3, 0.4) is 0 Å². The van der Waals surface area contributed by atoms with Crippen molar-refractivity contribution in [3.8, 4) is 11.5 Å². The predicted molar refractivity (Wildman–Crippen MR) is 117 cm³/mol. The van der Waals surface area contributed by atoms with E-state index in [1.54, 1.807) is 18.2 Å². The maximum Gasteiger partial charge on any atom is 0.232 e. The van der Waals surface area contributed by atoms with Gasteiger partial charge in [0, 0.05) is 18.1 Å². The number of ketones is 1. The highest BCUT2D eigenvalue weighted by atomic mass is 35.5.